The second-order valence-corrected chi connectivity index (χ2v) is 7.08. The lowest BCUT2D eigenvalue weighted by molar-refractivity contribution is -0.118. The lowest BCUT2D eigenvalue weighted by Gasteiger charge is -2.12. The fourth-order valence-corrected chi connectivity index (χ4v) is 3.57. The van der Waals surface area contributed by atoms with Gasteiger partial charge in [-0.25, -0.2) is 4.98 Å². The molecule has 5 nitrogen and oxygen atoms in total. The van der Waals surface area contributed by atoms with Crippen molar-refractivity contribution in [2.75, 3.05) is 12.9 Å². The van der Waals surface area contributed by atoms with E-state index in [1.54, 1.807) is 25.1 Å². The first-order chi connectivity index (χ1) is 13.2. The van der Waals surface area contributed by atoms with E-state index in [0.29, 0.717) is 12.3 Å². The summed E-state index contributed by atoms with van der Waals surface area (Å²) in [4.78, 5) is 16.5. The van der Waals surface area contributed by atoms with E-state index in [1.165, 1.54) is 5.56 Å². The monoisotopic (exact) mass is 381 g/mol. The largest absolute Gasteiger partial charge is 0.497 e. The molecular weight excluding hydrogens is 358 g/mol. The predicted octanol–water partition coefficient (Wildman–Crippen LogP) is 3.74. The molecule has 0 bridgehead atoms. The van der Waals surface area contributed by atoms with Gasteiger partial charge in [0, 0.05) is 24.7 Å². The van der Waals surface area contributed by atoms with Crippen molar-refractivity contribution in [2.24, 2.45) is 0 Å². The van der Waals surface area contributed by atoms with E-state index in [9.17, 15) is 4.79 Å². The Morgan fingerprint density at radius 3 is 2.67 bits per heavy atom. The molecular formula is C21H23N3O2S. The molecule has 0 spiro atoms. The van der Waals surface area contributed by atoms with Gasteiger partial charge in [-0.2, -0.15) is 0 Å². The number of benzene rings is 2. The number of hydrogen-bond acceptors (Lipinski definition) is 4. The first kappa shape index (κ1) is 19.0. The van der Waals surface area contributed by atoms with Crippen LogP contribution in [0.2, 0.25) is 0 Å². The highest BCUT2D eigenvalue weighted by atomic mass is 32.2. The smallest absolute Gasteiger partial charge is 0.230 e. The van der Waals surface area contributed by atoms with Gasteiger partial charge >= 0.3 is 0 Å². The zero-order valence-corrected chi connectivity index (χ0v) is 16.3. The highest BCUT2D eigenvalue weighted by Gasteiger charge is 2.08. The third-order valence-corrected chi connectivity index (χ3v) is 5.22. The Bertz CT molecular complexity index is 890. The molecule has 1 N–H and O–H groups in total. The van der Waals surface area contributed by atoms with Gasteiger partial charge in [0.15, 0.2) is 0 Å². The number of imidazole rings is 1. The molecule has 0 fully saturated rings. The summed E-state index contributed by atoms with van der Waals surface area (Å²) in [6, 6.07) is 15.9. The van der Waals surface area contributed by atoms with Gasteiger partial charge in [0.2, 0.25) is 5.91 Å². The molecule has 0 saturated heterocycles. The number of aromatic nitrogens is 2. The van der Waals surface area contributed by atoms with Crippen LogP contribution in [0.1, 0.15) is 17.0 Å². The topological polar surface area (TPSA) is 56.1 Å². The molecule has 0 radical (unpaired) electrons. The number of amides is 1. The number of aryl methyl sites for hydroxylation is 1. The van der Waals surface area contributed by atoms with Gasteiger partial charge in [0.25, 0.3) is 0 Å². The zero-order valence-electron chi connectivity index (χ0n) is 15.5. The van der Waals surface area contributed by atoms with Crippen molar-refractivity contribution in [1.82, 2.24) is 14.9 Å². The molecule has 0 saturated carbocycles. The summed E-state index contributed by atoms with van der Waals surface area (Å²) in [7, 11) is 1.65. The molecule has 27 heavy (non-hydrogen) atoms. The van der Waals surface area contributed by atoms with Crippen molar-refractivity contribution in [1.29, 1.82) is 0 Å². The van der Waals surface area contributed by atoms with Crippen LogP contribution in [0.15, 0.2) is 60.9 Å². The maximum absolute atomic E-state index is 12.2. The normalized spacial score (nSPS) is 10.6. The maximum atomic E-state index is 12.2. The van der Waals surface area contributed by atoms with Crippen LogP contribution in [0.3, 0.4) is 0 Å². The fourth-order valence-electron chi connectivity index (χ4n) is 2.76. The molecule has 1 heterocycles. The lowest BCUT2D eigenvalue weighted by Crippen LogP contribution is -2.25. The highest BCUT2D eigenvalue weighted by molar-refractivity contribution is 7.99. The van der Waals surface area contributed by atoms with Gasteiger partial charge in [-0.1, -0.05) is 30.3 Å². The van der Waals surface area contributed by atoms with E-state index in [1.807, 2.05) is 66.2 Å². The number of nitrogens with one attached hydrogen (secondary N) is 1. The van der Waals surface area contributed by atoms with Crippen molar-refractivity contribution < 1.29 is 9.53 Å². The number of ether oxygens (including phenoxy) is 1. The van der Waals surface area contributed by atoms with Crippen LogP contribution in [-0.4, -0.2) is 28.3 Å². The molecule has 3 rings (SSSR count). The standard InChI is InChI=1S/C21H23N3O2S/c1-16-22-11-12-24(16)20-6-4-3-5-18(20)13-23-21(25)15-27-14-17-7-9-19(26-2)10-8-17/h3-12H,13-15H2,1-2H3,(H,23,25). The Balaban J connectivity index is 1.50. The van der Waals surface area contributed by atoms with Crippen molar-refractivity contribution in [3.05, 3.63) is 77.9 Å². The fraction of sp³-hybridized carbons (Fsp3) is 0.238. The minimum Gasteiger partial charge on any atom is -0.497 e. The molecule has 0 unspecified atom stereocenters. The third kappa shape index (κ3) is 5.14. The maximum Gasteiger partial charge on any atom is 0.230 e. The molecule has 0 atom stereocenters. The van der Waals surface area contributed by atoms with E-state index < -0.39 is 0 Å². The van der Waals surface area contributed by atoms with Crippen LogP contribution in [0.25, 0.3) is 5.69 Å². The highest BCUT2D eigenvalue weighted by Crippen LogP contribution is 2.18. The second-order valence-electron chi connectivity index (χ2n) is 6.09. The number of rotatable bonds is 8. The summed E-state index contributed by atoms with van der Waals surface area (Å²) in [6.45, 7) is 2.46. The first-order valence-electron chi connectivity index (χ1n) is 8.73. The average molecular weight is 382 g/mol. The van der Waals surface area contributed by atoms with E-state index in [4.69, 9.17) is 4.74 Å². The number of nitrogens with zero attached hydrogens (tertiary/aromatic N) is 2. The van der Waals surface area contributed by atoms with Crippen molar-refractivity contribution in [2.45, 2.75) is 19.2 Å². The molecule has 1 amide bonds. The number of thioether (sulfide) groups is 1. The van der Waals surface area contributed by atoms with Crippen molar-refractivity contribution in [3.8, 4) is 11.4 Å². The molecule has 3 aromatic rings. The van der Waals surface area contributed by atoms with Crippen molar-refractivity contribution >= 4 is 17.7 Å². The third-order valence-electron chi connectivity index (χ3n) is 4.21. The van der Waals surface area contributed by atoms with Gasteiger partial charge in [-0.05, 0) is 36.2 Å². The summed E-state index contributed by atoms with van der Waals surface area (Å²) >= 11 is 1.60. The van der Waals surface area contributed by atoms with Crippen molar-refractivity contribution in [3.63, 3.8) is 0 Å². The Morgan fingerprint density at radius 1 is 1.19 bits per heavy atom. The van der Waals surface area contributed by atoms with Crippen LogP contribution in [0.5, 0.6) is 5.75 Å². The summed E-state index contributed by atoms with van der Waals surface area (Å²) in [5.41, 5.74) is 3.28. The lowest BCUT2D eigenvalue weighted by atomic mass is 10.1. The Hall–Kier alpha value is -2.73. The van der Waals surface area contributed by atoms with Gasteiger partial charge in [-0.3, -0.25) is 4.79 Å². The number of methoxy groups -OCH3 is 1. The van der Waals surface area contributed by atoms with Gasteiger partial charge in [-0.15, -0.1) is 11.8 Å². The molecule has 140 valence electrons. The number of hydrogen-bond donors (Lipinski definition) is 1. The Kier molecular flexibility index (Phi) is 6.54. The summed E-state index contributed by atoms with van der Waals surface area (Å²) in [5, 5.41) is 3.01. The Morgan fingerprint density at radius 2 is 1.96 bits per heavy atom. The van der Waals surface area contributed by atoms with Gasteiger partial charge in [0.1, 0.15) is 11.6 Å². The summed E-state index contributed by atoms with van der Waals surface area (Å²) in [5.74, 6) is 3.02. The van der Waals surface area contributed by atoms with E-state index in [-0.39, 0.29) is 5.91 Å². The molecule has 0 aliphatic carbocycles. The number of carbonyl (C=O) groups excluding carboxylic acids is 1. The number of para-hydroxylation sites is 1. The van der Waals surface area contributed by atoms with E-state index in [0.717, 1.165) is 28.6 Å². The first-order valence-corrected chi connectivity index (χ1v) is 9.88. The Labute approximate surface area is 163 Å². The van der Waals surface area contributed by atoms with Gasteiger partial charge < -0.3 is 14.6 Å². The van der Waals surface area contributed by atoms with Crippen LogP contribution in [0, 0.1) is 6.92 Å². The number of carbonyl (C=O) groups is 1. The SMILES string of the molecule is COc1ccc(CSCC(=O)NCc2ccccc2-n2ccnc2C)cc1. The molecule has 0 aliphatic heterocycles. The minimum atomic E-state index is 0.0330. The molecule has 0 aliphatic rings. The van der Waals surface area contributed by atoms with Crippen LogP contribution >= 0.6 is 11.8 Å². The summed E-state index contributed by atoms with van der Waals surface area (Å²) < 4.78 is 7.18. The molecule has 2 aromatic carbocycles. The van der Waals surface area contributed by atoms with Crippen LogP contribution in [0.4, 0.5) is 0 Å². The summed E-state index contributed by atoms with van der Waals surface area (Å²) in [6.07, 6.45) is 3.71. The van der Waals surface area contributed by atoms with E-state index in [2.05, 4.69) is 10.3 Å². The second kappa shape index (κ2) is 9.28. The van der Waals surface area contributed by atoms with Gasteiger partial charge in [0.05, 0.1) is 18.6 Å². The predicted molar refractivity (Wildman–Crippen MR) is 109 cm³/mol. The molecule has 6 heteroatoms. The quantitative estimate of drug-likeness (QED) is 0.646. The van der Waals surface area contributed by atoms with Crippen LogP contribution in [-0.2, 0) is 17.1 Å². The minimum absolute atomic E-state index is 0.0330. The average Bonchev–Trinajstić information content (AvgIpc) is 3.13. The molecule has 1 aromatic heterocycles. The zero-order chi connectivity index (χ0) is 19.1. The van der Waals surface area contributed by atoms with Crippen LogP contribution < -0.4 is 10.1 Å². The van der Waals surface area contributed by atoms with E-state index >= 15 is 0 Å².